The van der Waals surface area contributed by atoms with Crippen molar-refractivity contribution < 1.29 is 19.4 Å². The molecule has 1 amide bonds. The smallest absolute Gasteiger partial charge is 0.217 e. The first-order chi connectivity index (χ1) is 5.65. The lowest BCUT2D eigenvalue weighted by Gasteiger charge is -2.19. The normalized spacial score (nSPS) is 35.1. The maximum Gasteiger partial charge on any atom is 0.217 e. The van der Waals surface area contributed by atoms with Gasteiger partial charge in [0.1, 0.15) is 12.1 Å². The van der Waals surface area contributed by atoms with Crippen molar-refractivity contribution in [1.29, 1.82) is 0 Å². The van der Waals surface area contributed by atoms with E-state index in [1.807, 2.05) is 0 Å². The van der Waals surface area contributed by atoms with Crippen molar-refractivity contribution in [3.8, 4) is 0 Å². The molecule has 12 heavy (non-hydrogen) atoms. The zero-order valence-corrected chi connectivity index (χ0v) is 7.11. The van der Waals surface area contributed by atoms with Gasteiger partial charge in [-0.05, 0) is 0 Å². The SMILES string of the molecule is CO[C@H]1OC[C@@H](O)[C@@H]1NC(C)=O. The summed E-state index contributed by atoms with van der Waals surface area (Å²) < 4.78 is 9.94. The first kappa shape index (κ1) is 9.44. The number of carbonyl (C=O) groups excluding carboxylic acids is 1. The third kappa shape index (κ3) is 1.94. The Kier molecular flexibility index (Phi) is 3.02. The van der Waals surface area contributed by atoms with E-state index < -0.39 is 18.4 Å². The van der Waals surface area contributed by atoms with E-state index in [0.29, 0.717) is 0 Å². The van der Waals surface area contributed by atoms with E-state index in [4.69, 9.17) is 9.47 Å². The summed E-state index contributed by atoms with van der Waals surface area (Å²) in [5.74, 6) is -0.202. The third-order valence-electron chi connectivity index (χ3n) is 1.74. The first-order valence-corrected chi connectivity index (χ1v) is 3.74. The number of methoxy groups -OCH3 is 1. The molecule has 1 aliphatic rings. The second-order valence-corrected chi connectivity index (χ2v) is 2.73. The highest BCUT2D eigenvalue weighted by Crippen LogP contribution is 2.14. The number of hydrogen-bond donors (Lipinski definition) is 2. The van der Waals surface area contributed by atoms with Gasteiger partial charge in [0, 0.05) is 14.0 Å². The van der Waals surface area contributed by atoms with Crippen molar-refractivity contribution in [1.82, 2.24) is 5.32 Å². The Morgan fingerprint density at radius 3 is 2.92 bits per heavy atom. The van der Waals surface area contributed by atoms with Crippen LogP contribution in [0.25, 0.3) is 0 Å². The molecule has 0 saturated carbocycles. The van der Waals surface area contributed by atoms with Gasteiger partial charge in [0.25, 0.3) is 0 Å². The molecule has 0 unspecified atom stereocenters. The van der Waals surface area contributed by atoms with E-state index in [1.54, 1.807) is 0 Å². The Bertz CT molecular complexity index is 173. The van der Waals surface area contributed by atoms with Crippen LogP contribution in [0.5, 0.6) is 0 Å². The summed E-state index contributed by atoms with van der Waals surface area (Å²) in [6, 6.07) is -0.451. The van der Waals surface area contributed by atoms with Gasteiger partial charge in [-0.2, -0.15) is 0 Å². The van der Waals surface area contributed by atoms with Crippen LogP contribution in [0.2, 0.25) is 0 Å². The lowest BCUT2D eigenvalue weighted by molar-refractivity contribution is -0.126. The maximum atomic E-state index is 10.7. The molecule has 0 aliphatic carbocycles. The first-order valence-electron chi connectivity index (χ1n) is 3.74. The zero-order chi connectivity index (χ0) is 9.14. The molecule has 0 radical (unpaired) electrons. The van der Waals surface area contributed by atoms with Crippen LogP contribution in [0.4, 0.5) is 0 Å². The molecule has 0 aromatic carbocycles. The molecule has 1 aliphatic heterocycles. The number of hydrogen-bond acceptors (Lipinski definition) is 4. The molecule has 0 aromatic rings. The van der Waals surface area contributed by atoms with Crippen LogP contribution in [-0.4, -0.2) is 43.2 Å². The monoisotopic (exact) mass is 175 g/mol. The molecule has 5 nitrogen and oxygen atoms in total. The Morgan fingerprint density at radius 2 is 2.42 bits per heavy atom. The number of ether oxygens (including phenoxy) is 2. The molecule has 1 fully saturated rings. The fraction of sp³-hybridized carbons (Fsp3) is 0.857. The fourth-order valence-corrected chi connectivity index (χ4v) is 1.20. The number of nitrogens with one attached hydrogen (secondary N) is 1. The van der Waals surface area contributed by atoms with Gasteiger partial charge in [0.05, 0.1) is 6.61 Å². The molecule has 0 spiro atoms. The Hall–Kier alpha value is -0.650. The molecule has 5 heteroatoms. The minimum Gasteiger partial charge on any atom is -0.388 e. The van der Waals surface area contributed by atoms with E-state index in [-0.39, 0.29) is 12.5 Å². The van der Waals surface area contributed by atoms with Gasteiger partial charge in [-0.3, -0.25) is 4.79 Å². The second kappa shape index (κ2) is 3.84. The number of aliphatic hydroxyl groups is 1. The fourth-order valence-electron chi connectivity index (χ4n) is 1.20. The Labute approximate surface area is 70.7 Å². The maximum absolute atomic E-state index is 10.7. The van der Waals surface area contributed by atoms with Crippen LogP contribution in [0.3, 0.4) is 0 Å². The third-order valence-corrected chi connectivity index (χ3v) is 1.74. The van der Waals surface area contributed by atoms with Crippen LogP contribution in [0.15, 0.2) is 0 Å². The van der Waals surface area contributed by atoms with E-state index in [0.717, 1.165) is 0 Å². The summed E-state index contributed by atoms with van der Waals surface area (Å²) >= 11 is 0. The van der Waals surface area contributed by atoms with Gasteiger partial charge in [0.15, 0.2) is 6.29 Å². The molecule has 0 aromatic heterocycles. The van der Waals surface area contributed by atoms with E-state index >= 15 is 0 Å². The number of rotatable bonds is 2. The van der Waals surface area contributed by atoms with Gasteiger partial charge in [-0.15, -0.1) is 0 Å². The summed E-state index contributed by atoms with van der Waals surface area (Å²) in [4.78, 5) is 10.7. The number of amides is 1. The number of carbonyl (C=O) groups is 1. The molecule has 1 saturated heterocycles. The number of aliphatic hydroxyl groups excluding tert-OH is 1. The average Bonchev–Trinajstić information content (AvgIpc) is 2.32. The van der Waals surface area contributed by atoms with Gasteiger partial charge in [0.2, 0.25) is 5.91 Å². The standard InChI is InChI=1S/C7H13NO4/c1-4(9)8-6-5(10)3-12-7(6)11-2/h5-7,10H,3H2,1-2H3,(H,8,9)/t5-,6+,7+/m1/s1. The van der Waals surface area contributed by atoms with Gasteiger partial charge < -0.3 is 19.9 Å². The topological polar surface area (TPSA) is 67.8 Å². The highest BCUT2D eigenvalue weighted by Gasteiger charge is 2.36. The minimum absolute atomic E-state index is 0.198. The van der Waals surface area contributed by atoms with Crippen molar-refractivity contribution in [2.75, 3.05) is 13.7 Å². The molecular weight excluding hydrogens is 162 g/mol. The molecule has 0 bridgehead atoms. The quantitative estimate of drug-likeness (QED) is 0.556. The van der Waals surface area contributed by atoms with Crippen LogP contribution in [0, 0.1) is 0 Å². The highest BCUT2D eigenvalue weighted by molar-refractivity contribution is 5.73. The van der Waals surface area contributed by atoms with Gasteiger partial charge in [-0.25, -0.2) is 0 Å². The molecule has 1 rings (SSSR count). The minimum atomic E-state index is -0.682. The predicted octanol–water partition coefficient (Wildman–Crippen LogP) is -1.15. The lowest BCUT2D eigenvalue weighted by Crippen LogP contribution is -2.46. The van der Waals surface area contributed by atoms with E-state index in [2.05, 4.69) is 5.32 Å². The lowest BCUT2D eigenvalue weighted by atomic mass is 10.2. The molecule has 2 N–H and O–H groups in total. The van der Waals surface area contributed by atoms with E-state index in [1.165, 1.54) is 14.0 Å². The summed E-state index contributed by atoms with van der Waals surface area (Å²) in [5, 5.41) is 11.9. The molecule has 1 heterocycles. The molecular formula is C7H13NO4. The Balaban J connectivity index is 2.51. The average molecular weight is 175 g/mol. The summed E-state index contributed by atoms with van der Waals surface area (Å²) in [5.41, 5.74) is 0. The predicted molar refractivity (Wildman–Crippen MR) is 40.4 cm³/mol. The van der Waals surface area contributed by atoms with Gasteiger partial charge >= 0.3 is 0 Å². The Morgan fingerprint density at radius 1 is 1.75 bits per heavy atom. The van der Waals surface area contributed by atoms with Crippen molar-refractivity contribution in [2.24, 2.45) is 0 Å². The van der Waals surface area contributed by atoms with E-state index in [9.17, 15) is 9.90 Å². The van der Waals surface area contributed by atoms with Crippen LogP contribution < -0.4 is 5.32 Å². The molecule has 70 valence electrons. The second-order valence-electron chi connectivity index (χ2n) is 2.73. The van der Waals surface area contributed by atoms with Crippen LogP contribution in [0.1, 0.15) is 6.92 Å². The van der Waals surface area contributed by atoms with Crippen molar-refractivity contribution in [3.05, 3.63) is 0 Å². The summed E-state index contributed by atoms with van der Waals surface area (Å²) in [7, 11) is 1.47. The highest BCUT2D eigenvalue weighted by atomic mass is 16.7. The van der Waals surface area contributed by atoms with Crippen molar-refractivity contribution in [2.45, 2.75) is 25.4 Å². The summed E-state index contributed by atoms with van der Waals surface area (Å²) in [6.07, 6.45) is -1.22. The van der Waals surface area contributed by atoms with Gasteiger partial charge in [-0.1, -0.05) is 0 Å². The van der Waals surface area contributed by atoms with Crippen LogP contribution >= 0.6 is 0 Å². The largest absolute Gasteiger partial charge is 0.388 e. The van der Waals surface area contributed by atoms with Crippen molar-refractivity contribution >= 4 is 5.91 Å². The zero-order valence-electron chi connectivity index (χ0n) is 7.11. The molecule has 3 atom stereocenters. The van der Waals surface area contributed by atoms with Crippen LogP contribution in [-0.2, 0) is 14.3 Å². The summed E-state index contributed by atoms with van der Waals surface area (Å²) in [6.45, 7) is 1.58. The van der Waals surface area contributed by atoms with Crippen molar-refractivity contribution in [3.63, 3.8) is 0 Å².